The molecule has 2 aromatic carbocycles. The number of pyridine rings is 1. The average molecular weight is 458 g/mol. The van der Waals surface area contributed by atoms with Gasteiger partial charge >= 0.3 is 0 Å². The number of unbranched alkanes of at least 4 members (excludes halogenated alkanes) is 1. The normalized spacial score (nSPS) is 16.7. The van der Waals surface area contributed by atoms with E-state index in [1.54, 1.807) is 0 Å². The van der Waals surface area contributed by atoms with Crippen LogP contribution in [0.4, 0.5) is 5.69 Å². The maximum Gasteiger partial charge on any atom is 0.254 e. The Kier molecular flexibility index (Phi) is 6.54. The molecule has 31 heavy (non-hydrogen) atoms. The van der Waals surface area contributed by atoms with E-state index in [-0.39, 0.29) is 17.5 Å². The summed E-state index contributed by atoms with van der Waals surface area (Å²) in [7, 11) is 0. The highest BCUT2D eigenvalue weighted by molar-refractivity contribution is 6.42. The number of fused-ring (bicyclic) bond motifs is 1. The molecule has 162 valence electrons. The van der Waals surface area contributed by atoms with Gasteiger partial charge in [0.2, 0.25) is 5.56 Å². The molecule has 0 bridgehead atoms. The number of H-pyrrole nitrogens is 1. The molecule has 1 atom stereocenters. The standard InChI is InChI=1S/C24H25Cl2N3O2/c1-2-3-6-17-15-28(11-12-29(17)16-9-10-20(25)21(26)13-16)24(31)19-14-23(30)27-22-8-5-4-7-18(19)22/h4-5,7-10,13-14,17H,2-3,6,11-12,15H2,1H3,(H,27,30). The van der Waals surface area contributed by atoms with E-state index in [1.165, 1.54) is 6.07 Å². The summed E-state index contributed by atoms with van der Waals surface area (Å²) in [6.07, 6.45) is 3.12. The van der Waals surface area contributed by atoms with E-state index in [9.17, 15) is 9.59 Å². The van der Waals surface area contributed by atoms with Crippen LogP contribution in [0.25, 0.3) is 10.9 Å². The third kappa shape index (κ3) is 4.58. The summed E-state index contributed by atoms with van der Waals surface area (Å²) < 4.78 is 0. The number of para-hydroxylation sites is 1. The lowest BCUT2D eigenvalue weighted by atomic mass is 10.0. The first-order valence-corrected chi connectivity index (χ1v) is 11.4. The molecule has 2 heterocycles. The van der Waals surface area contributed by atoms with E-state index < -0.39 is 0 Å². The van der Waals surface area contributed by atoms with Gasteiger partial charge in [0.1, 0.15) is 0 Å². The molecule has 1 N–H and O–H groups in total. The number of benzene rings is 2. The number of piperazine rings is 1. The largest absolute Gasteiger partial charge is 0.365 e. The van der Waals surface area contributed by atoms with Crippen LogP contribution in [-0.4, -0.2) is 41.5 Å². The van der Waals surface area contributed by atoms with E-state index in [4.69, 9.17) is 23.2 Å². The van der Waals surface area contributed by atoms with Gasteiger partial charge in [0, 0.05) is 48.3 Å². The number of hydrogen-bond acceptors (Lipinski definition) is 3. The summed E-state index contributed by atoms with van der Waals surface area (Å²) in [4.78, 5) is 32.6. The van der Waals surface area contributed by atoms with Gasteiger partial charge in [0.05, 0.1) is 15.6 Å². The minimum absolute atomic E-state index is 0.0995. The van der Waals surface area contributed by atoms with Gasteiger partial charge in [-0.1, -0.05) is 61.2 Å². The summed E-state index contributed by atoms with van der Waals surface area (Å²) in [5.41, 5.74) is 1.88. The van der Waals surface area contributed by atoms with E-state index >= 15 is 0 Å². The van der Waals surface area contributed by atoms with Crippen LogP contribution in [0.3, 0.4) is 0 Å². The van der Waals surface area contributed by atoms with Crippen molar-refractivity contribution in [1.82, 2.24) is 9.88 Å². The van der Waals surface area contributed by atoms with E-state index in [1.807, 2.05) is 47.4 Å². The summed E-state index contributed by atoms with van der Waals surface area (Å²) in [6, 6.07) is 14.7. The topological polar surface area (TPSA) is 56.4 Å². The molecule has 0 radical (unpaired) electrons. The molecular weight excluding hydrogens is 433 g/mol. The molecule has 1 unspecified atom stereocenters. The van der Waals surface area contributed by atoms with Crippen molar-refractivity contribution < 1.29 is 4.79 Å². The van der Waals surface area contributed by atoms with Crippen LogP contribution >= 0.6 is 23.2 Å². The van der Waals surface area contributed by atoms with Crippen molar-refractivity contribution in [3.8, 4) is 0 Å². The molecule has 1 amide bonds. The number of nitrogens with one attached hydrogen (secondary N) is 1. The van der Waals surface area contributed by atoms with Crippen molar-refractivity contribution in [2.75, 3.05) is 24.5 Å². The molecule has 1 aliphatic rings. The SMILES string of the molecule is CCCCC1CN(C(=O)c2cc(=O)[nH]c3ccccc23)CCN1c1ccc(Cl)c(Cl)c1. The van der Waals surface area contributed by atoms with Gasteiger partial charge in [-0.05, 0) is 30.7 Å². The number of carbonyl (C=O) groups excluding carboxylic acids is 1. The summed E-state index contributed by atoms with van der Waals surface area (Å²) >= 11 is 12.4. The Morgan fingerprint density at radius 1 is 1.10 bits per heavy atom. The lowest BCUT2D eigenvalue weighted by Crippen LogP contribution is -2.55. The Bertz CT molecular complexity index is 1160. The van der Waals surface area contributed by atoms with Crippen LogP contribution in [0.2, 0.25) is 10.0 Å². The van der Waals surface area contributed by atoms with E-state index in [0.717, 1.165) is 30.3 Å². The van der Waals surface area contributed by atoms with Crippen molar-refractivity contribution in [1.29, 1.82) is 0 Å². The van der Waals surface area contributed by atoms with E-state index in [0.29, 0.717) is 40.8 Å². The van der Waals surface area contributed by atoms with Crippen molar-refractivity contribution in [3.05, 3.63) is 74.5 Å². The second kappa shape index (κ2) is 9.33. The van der Waals surface area contributed by atoms with Crippen LogP contribution in [-0.2, 0) is 0 Å². The number of aromatic amines is 1. The molecule has 7 heteroatoms. The Morgan fingerprint density at radius 2 is 1.90 bits per heavy atom. The molecule has 1 aromatic heterocycles. The highest BCUT2D eigenvalue weighted by atomic mass is 35.5. The minimum atomic E-state index is -0.265. The van der Waals surface area contributed by atoms with Crippen molar-refractivity contribution in [2.45, 2.75) is 32.2 Å². The van der Waals surface area contributed by atoms with Crippen LogP contribution in [0.15, 0.2) is 53.3 Å². The molecular formula is C24H25Cl2N3O2. The Balaban J connectivity index is 1.62. The number of nitrogens with zero attached hydrogens (tertiary/aromatic N) is 2. The Morgan fingerprint density at radius 3 is 2.68 bits per heavy atom. The van der Waals surface area contributed by atoms with Crippen molar-refractivity contribution in [2.24, 2.45) is 0 Å². The zero-order valence-corrected chi connectivity index (χ0v) is 18.9. The van der Waals surface area contributed by atoms with Crippen LogP contribution in [0.1, 0.15) is 36.5 Å². The zero-order chi connectivity index (χ0) is 22.0. The predicted octanol–water partition coefficient (Wildman–Crippen LogP) is 5.36. The van der Waals surface area contributed by atoms with Crippen molar-refractivity contribution >= 4 is 45.7 Å². The lowest BCUT2D eigenvalue weighted by molar-refractivity contribution is 0.0720. The van der Waals surface area contributed by atoms with Gasteiger partial charge < -0.3 is 14.8 Å². The maximum absolute atomic E-state index is 13.4. The number of anilines is 1. The first-order chi connectivity index (χ1) is 15.0. The molecule has 5 nitrogen and oxygen atoms in total. The first-order valence-electron chi connectivity index (χ1n) is 10.6. The molecule has 0 aliphatic carbocycles. The molecule has 3 aromatic rings. The van der Waals surface area contributed by atoms with Crippen molar-refractivity contribution in [3.63, 3.8) is 0 Å². The number of hydrogen-bond donors (Lipinski definition) is 1. The Hall–Kier alpha value is -2.50. The molecule has 0 spiro atoms. The number of aromatic nitrogens is 1. The van der Waals surface area contributed by atoms with E-state index in [2.05, 4.69) is 16.8 Å². The predicted molar refractivity (Wildman–Crippen MR) is 128 cm³/mol. The zero-order valence-electron chi connectivity index (χ0n) is 17.4. The number of amides is 1. The second-order valence-electron chi connectivity index (χ2n) is 7.93. The van der Waals surface area contributed by atoms with Crippen LogP contribution in [0, 0.1) is 0 Å². The van der Waals surface area contributed by atoms with Crippen LogP contribution in [0.5, 0.6) is 0 Å². The molecule has 1 saturated heterocycles. The van der Waals surface area contributed by atoms with Gasteiger partial charge in [-0.15, -0.1) is 0 Å². The van der Waals surface area contributed by atoms with Gasteiger partial charge in [-0.25, -0.2) is 0 Å². The van der Waals surface area contributed by atoms with Gasteiger partial charge in [-0.2, -0.15) is 0 Å². The summed E-state index contributed by atoms with van der Waals surface area (Å²) in [5, 5.41) is 1.83. The highest BCUT2D eigenvalue weighted by Gasteiger charge is 2.31. The average Bonchev–Trinajstić information content (AvgIpc) is 2.78. The Labute approximate surface area is 191 Å². The fourth-order valence-corrected chi connectivity index (χ4v) is 4.57. The van der Waals surface area contributed by atoms with Gasteiger partial charge in [-0.3, -0.25) is 9.59 Å². The number of rotatable bonds is 5. The minimum Gasteiger partial charge on any atom is -0.365 e. The third-order valence-corrected chi connectivity index (χ3v) is 6.62. The summed E-state index contributed by atoms with van der Waals surface area (Å²) in [6.45, 7) is 4.03. The highest BCUT2D eigenvalue weighted by Crippen LogP contribution is 2.31. The monoisotopic (exact) mass is 457 g/mol. The van der Waals surface area contributed by atoms with Gasteiger partial charge in [0.25, 0.3) is 5.91 Å². The third-order valence-electron chi connectivity index (χ3n) is 5.88. The molecule has 1 aliphatic heterocycles. The number of carbonyl (C=O) groups is 1. The first kappa shape index (κ1) is 21.7. The lowest BCUT2D eigenvalue weighted by Gasteiger charge is -2.43. The fraction of sp³-hybridized carbons (Fsp3) is 0.333. The second-order valence-corrected chi connectivity index (χ2v) is 8.75. The smallest absolute Gasteiger partial charge is 0.254 e. The number of halogens is 2. The molecule has 0 saturated carbocycles. The quantitative estimate of drug-likeness (QED) is 0.561. The fourth-order valence-electron chi connectivity index (χ4n) is 4.28. The molecule has 4 rings (SSSR count). The molecule has 1 fully saturated rings. The summed E-state index contributed by atoms with van der Waals surface area (Å²) in [5.74, 6) is -0.0995. The maximum atomic E-state index is 13.4. The van der Waals surface area contributed by atoms with Crippen LogP contribution < -0.4 is 10.5 Å². The van der Waals surface area contributed by atoms with Gasteiger partial charge in [0.15, 0.2) is 0 Å².